The van der Waals surface area contributed by atoms with Gasteiger partial charge in [0, 0.05) is 0 Å². The summed E-state index contributed by atoms with van der Waals surface area (Å²) >= 11 is 0. The molecule has 0 saturated heterocycles. The van der Waals surface area contributed by atoms with Crippen molar-refractivity contribution in [2.75, 3.05) is 0 Å². The van der Waals surface area contributed by atoms with E-state index < -0.39 is 5.97 Å². The zero-order chi connectivity index (χ0) is 12.8. The number of esters is 1. The quantitative estimate of drug-likeness (QED) is 0.753. The molecule has 4 nitrogen and oxygen atoms in total. The molecule has 0 spiro atoms. The highest BCUT2D eigenvalue weighted by Crippen LogP contribution is 2.30. The lowest BCUT2D eigenvalue weighted by Gasteiger charge is -2.26. The molecule has 1 aliphatic carbocycles. The molecule has 0 heterocycles. The average Bonchev–Trinajstić information content (AvgIpc) is 2.29. The number of aliphatic carboxylic acids is 1. The largest absolute Gasteiger partial charge is 0.481 e. The van der Waals surface area contributed by atoms with Crippen molar-refractivity contribution in [3.8, 4) is 0 Å². The number of rotatable bonds is 5. The van der Waals surface area contributed by atoms with E-state index in [4.69, 9.17) is 9.84 Å². The van der Waals surface area contributed by atoms with E-state index in [-0.39, 0.29) is 23.9 Å². The smallest absolute Gasteiger partial charge is 0.309 e. The molecule has 3 unspecified atom stereocenters. The van der Waals surface area contributed by atoms with Crippen LogP contribution in [0.15, 0.2) is 0 Å². The summed E-state index contributed by atoms with van der Waals surface area (Å²) in [6.07, 6.45) is 4.48. The SMILES string of the molecule is CCCC(C)OC(=O)C1CCCC(C(=O)O)C1. The Kier molecular flexibility index (Phi) is 5.45. The first-order valence-corrected chi connectivity index (χ1v) is 6.47. The Morgan fingerprint density at radius 2 is 2.00 bits per heavy atom. The molecule has 0 aromatic carbocycles. The van der Waals surface area contributed by atoms with Gasteiger partial charge in [-0.25, -0.2) is 0 Å². The molecule has 4 heteroatoms. The van der Waals surface area contributed by atoms with Crippen LogP contribution in [-0.4, -0.2) is 23.1 Å². The molecule has 0 radical (unpaired) electrons. The maximum absolute atomic E-state index is 11.8. The fourth-order valence-electron chi connectivity index (χ4n) is 2.39. The van der Waals surface area contributed by atoms with Crippen molar-refractivity contribution in [1.29, 1.82) is 0 Å². The van der Waals surface area contributed by atoms with Crippen molar-refractivity contribution >= 4 is 11.9 Å². The minimum Gasteiger partial charge on any atom is -0.481 e. The third-order valence-electron chi connectivity index (χ3n) is 3.37. The molecule has 3 atom stereocenters. The minimum atomic E-state index is -0.788. The van der Waals surface area contributed by atoms with Gasteiger partial charge in [0.1, 0.15) is 0 Å². The molecule has 1 aliphatic rings. The van der Waals surface area contributed by atoms with Gasteiger partial charge in [0.05, 0.1) is 17.9 Å². The zero-order valence-electron chi connectivity index (χ0n) is 10.6. The van der Waals surface area contributed by atoms with Crippen molar-refractivity contribution < 1.29 is 19.4 Å². The fraction of sp³-hybridized carbons (Fsp3) is 0.846. The van der Waals surface area contributed by atoms with Gasteiger partial charge in [0.15, 0.2) is 0 Å². The van der Waals surface area contributed by atoms with E-state index in [1.807, 2.05) is 13.8 Å². The Balaban J connectivity index is 2.43. The van der Waals surface area contributed by atoms with E-state index in [0.29, 0.717) is 12.8 Å². The van der Waals surface area contributed by atoms with Crippen LogP contribution in [0.1, 0.15) is 52.4 Å². The summed E-state index contributed by atoms with van der Waals surface area (Å²) in [7, 11) is 0. The van der Waals surface area contributed by atoms with Crippen molar-refractivity contribution in [3.05, 3.63) is 0 Å². The van der Waals surface area contributed by atoms with Gasteiger partial charge in [-0.05, 0) is 32.6 Å². The normalized spacial score (nSPS) is 26.2. The van der Waals surface area contributed by atoms with Crippen molar-refractivity contribution in [2.45, 2.75) is 58.5 Å². The summed E-state index contributed by atoms with van der Waals surface area (Å²) in [6, 6.07) is 0. The highest BCUT2D eigenvalue weighted by atomic mass is 16.5. The van der Waals surface area contributed by atoms with Crippen LogP contribution in [0.25, 0.3) is 0 Å². The summed E-state index contributed by atoms with van der Waals surface area (Å²) in [5.41, 5.74) is 0. The second kappa shape index (κ2) is 6.62. The van der Waals surface area contributed by atoms with Gasteiger partial charge in [0.2, 0.25) is 0 Å². The van der Waals surface area contributed by atoms with Crippen LogP contribution < -0.4 is 0 Å². The number of hydrogen-bond acceptors (Lipinski definition) is 3. The minimum absolute atomic E-state index is 0.0577. The topological polar surface area (TPSA) is 63.6 Å². The first-order valence-electron chi connectivity index (χ1n) is 6.47. The maximum Gasteiger partial charge on any atom is 0.309 e. The maximum atomic E-state index is 11.8. The van der Waals surface area contributed by atoms with Crippen molar-refractivity contribution in [3.63, 3.8) is 0 Å². The number of carbonyl (C=O) groups excluding carboxylic acids is 1. The van der Waals surface area contributed by atoms with Crippen LogP contribution in [0.5, 0.6) is 0 Å². The summed E-state index contributed by atoms with van der Waals surface area (Å²) in [5.74, 6) is -1.59. The van der Waals surface area contributed by atoms with Crippen LogP contribution >= 0.6 is 0 Å². The van der Waals surface area contributed by atoms with Gasteiger partial charge in [-0.15, -0.1) is 0 Å². The molecular weight excluding hydrogens is 220 g/mol. The summed E-state index contributed by atoms with van der Waals surface area (Å²) in [4.78, 5) is 22.7. The molecule has 0 aromatic heterocycles. The van der Waals surface area contributed by atoms with Gasteiger partial charge in [-0.1, -0.05) is 19.8 Å². The van der Waals surface area contributed by atoms with E-state index in [1.54, 1.807) is 0 Å². The van der Waals surface area contributed by atoms with E-state index in [0.717, 1.165) is 25.7 Å². The number of carboxylic acid groups (broad SMARTS) is 1. The van der Waals surface area contributed by atoms with Gasteiger partial charge >= 0.3 is 11.9 Å². The second-order valence-electron chi connectivity index (χ2n) is 4.93. The zero-order valence-corrected chi connectivity index (χ0v) is 10.6. The average molecular weight is 242 g/mol. The van der Waals surface area contributed by atoms with Crippen LogP contribution in [-0.2, 0) is 14.3 Å². The Morgan fingerprint density at radius 3 is 2.59 bits per heavy atom. The van der Waals surface area contributed by atoms with Gasteiger partial charge in [0.25, 0.3) is 0 Å². The van der Waals surface area contributed by atoms with Crippen LogP contribution in [0.4, 0.5) is 0 Å². The first kappa shape index (κ1) is 14.0. The molecule has 1 N–H and O–H groups in total. The summed E-state index contributed by atoms with van der Waals surface area (Å²) < 4.78 is 5.33. The third kappa shape index (κ3) is 4.36. The highest BCUT2D eigenvalue weighted by Gasteiger charge is 2.32. The van der Waals surface area contributed by atoms with Gasteiger partial charge in [-0.3, -0.25) is 9.59 Å². The fourth-order valence-corrected chi connectivity index (χ4v) is 2.39. The summed E-state index contributed by atoms with van der Waals surface area (Å²) in [6.45, 7) is 3.93. The Bertz CT molecular complexity index is 275. The van der Waals surface area contributed by atoms with Crippen LogP contribution in [0.2, 0.25) is 0 Å². The molecule has 1 fully saturated rings. The van der Waals surface area contributed by atoms with E-state index in [2.05, 4.69) is 0 Å². The Labute approximate surface area is 102 Å². The third-order valence-corrected chi connectivity index (χ3v) is 3.37. The number of hydrogen-bond donors (Lipinski definition) is 1. The Hall–Kier alpha value is -1.06. The van der Waals surface area contributed by atoms with E-state index in [9.17, 15) is 9.59 Å². The highest BCUT2D eigenvalue weighted by molar-refractivity contribution is 5.75. The van der Waals surface area contributed by atoms with E-state index >= 15 is 0 Å². The molecule has 0 aliphatic heterocycles. The monoisotopic (exact) mass is 242 g/mol. The molecule has 17 heavy (non-hydrogen) atoms. The second-order valence-corrected chi connectivity index (χ2v) is 4.93. The molecule has 1 rings (SSSR count). The number of carboxylic acids is 1. The first-order chi connectivity index (χ1) is 8.04. The molecule has 0 amide bonds. The molecule has 1 saturated carbocycles. The number of ether oxygens (including phenoxy) is 1. The predicted molar refractivity (Wildman–Crippen MR) is 63.5 cm³/mol. The molecule has 0 aromatic rings. The molecule has 98 valence electrons. The van der Waals surface area contributed by atoms with Crippen LogP contribution in [0, 0.1) is 11.8 Å². The van der Waals surface area contributed by atoms with E-state index in [1.165, 1.54) is 0 Å². The van der Waals surface area contributed by atoms with Crippen molar-refractivity contribution in [2.24, 2.45) is 11.8 Å². The lowest BCUT2D eigenvalue weighted by atomic mass is 9.81. The van der Waals surface area contributed by atoms with Crippen LogP contribution in [0.3, 0.4) is 0 Å². The standard InChI is InChI=1S/C13H22O4/c1-3-5-9(2)17-13(16)11-7-4-6-10(8-11)12(14)15/h9-11H,3-8H2,1-2H3,(H,14,15). The van der Waals surface area contributed by atoms with Crippen molar-refractivity contribution in [1.82, 2.24) is 0 Å². The Morgan fingerprint density at radius 1 is 1.35 bits per heavy atom. The lowest BCUT2D eigenvalue weighted by molar-refractivity contribution is -0.156. The molecule has 0 bridgehead atoms. The lowest BCUT2D eigenvalue weighted by Crippen LogP contribution is -2.30. The predicted octanol–water partition coefficient (Wildman–Crippen LogP) is 2.61. The van der Waals surface area contributed by atoms with Gasteiger partial charge in [-0.2, -0.15) is 0 Å². The molecular formula is C13H22O4. The summed E-state index contributed by atoms with van der Waals surface area (Å²) in [5, 5.41) is 8.95. The van der Waals surface area contributed by atoms with Gasteiger partial charge < -0.3 is 9.84 Å². The number of carbonyl (C=O) groups is 2.